The molecule has 4 nitrogen and oxygen atoms in total. The minimum Gasteiger partial charge on any atom is -0.273 e. The van der Waals surface area contributed by atoms with Crippen molar-refractivity contribution in [1.82, 2.24) is 10.9 Å². The highest BCUT2D eigenvalue weighted by Crippen LogP contribution is 2.06. The van der Waals surface area contributed by atoms with Crippen molar-refractivity contribution < 1.29 is 9.59 Å². The highest BCUT2D eigenvalue weighted by Gasteiger charge is 2.08. The van der Waals surface area contributed by atoms with Gasteiger partial charge in [0.15, 0.2) is 0 Å². The summed E-state index contributed by atoms with van der Waals surface area (Å²) in [5.74, 6) is -0.220. The third-order valence-electron chi connectivity index (χ3n) is 2.02. The van der Waals surface area contributed by atoms with E-state index in [1.165, 1.54) is 0 Å². The highest BCUT2D eigenvalue weighted by atomic mass is 127. The topological polar surface area (TPSA) is 58.2 Å². The number of nitrogens with one attached hydrogen (secondary N) is 2. The van der Waals surface area contributed by atoms with Crippen molar-refractivity contribution in [3.8, 4) is 0 Å². The summed E-state index contributed by atoms with van der Waals surface area (Å²) in [6, 6.07) is 7.11. The van der Waals surface area contributed by atoms with Crippen molar-refractivity contribution in [2.75, 3.05) is 0 Å². The fraction of sp³-hybridized carbons (Fsp3) is 0.333. The lowest BCUT2D eigenvalue weighted by Gasteiger charge is -2.08. The summed E-state index contributed by atoms with van der Waals surface area (Å²) in [6.07, 6.45) is 0.396. The molecule has 0 bridgehead atoms. The molecule has 1 rings (SSSR count). The number of carbonyl (C=O) groups is 2. The van der Waals surface area contributed by atoms with Gasteiger partial charge < -0.3 is 0 Å². The van der Waals surface area contributed by atoms with Gasteiger partial charge in [0.1, 0.15) is 0 Å². The van der Waals surface area contributed by atoms with Crippen molar-refractivity contribution in [3.05, 3.63) is 33.4 Å². The molecule has 0 aliphatic rings. The van der Waals surface area contributed by atoms with Gasteiger partial charge in [-0.3, -0.25) is 20.4 Å². The van der Waals surface area contributed by atoms with Crippen LogP contribution in [0.2, 0.25) is 0 Å². The van der Waals surface area contributed by atoms with E-state index in [-0.39, 0.29) is 17.7 Å². The lowest BCUT2D eigenvalue weighted by atomic mass is 10.1. The molecule has 1 aromatic rings. The first-order chi connectivity index (χ1) is 7.99. The molecule has 0 saturated heterocycles. The Morgan fingerprint density at radius 2 is 1.76 bits per heavy atom. The van der Waals surface area contributed by atoms with E-state index in [2.05, 4.69) is 33.4 Å². The number of hydrogen-bond donors (Lipinski definition) is 2. The summed E-state index contributed by atoms with van der Waals surface area (Å²) in [5, 5.41) is 0. The largest absolute Gasteiger partial charge is 0.273 e. The molecule has 0 saturated carbocycles. The molecule has 0 heterocycles. The van der Waals surface area contributed by atoms with Gasteiger partial charge in [0.2, 0.25) is 5.91 Å². The average Bonchev–Trinajstić information content (AvgIpc) is 2.26. The van der Waals surface area contributed by atoms with Crippen LogP contribution in [0.15, 0.2) is 24.3 Å². The molecular formula is C12H15IN2O2. The molecule has 0 aromatic heterocycles. The fourth-order valence-electron chi connectivity index (χ4n) is 1.22. The molecule has 0 unspecified atom stereocenters. The van der Waals surface area contributed by atoms with Gasteiger partial charge >= 0.3 is 0 Å². The predicted molar refractivity (Wildman–Crippen MR) is 74.2 cm³/mol. The van der Waals surface area contributed by atoms with Crippen LogP contribution in [-0.4, -0.2) is 11.8 Å². The van der Waals surface area contributed by atoms with Gasteiger partial charge in [0.05, 0.1) is 0 Å². The number of halogens is 1. The lowest BCUT2D eigenvalue weighted by Crippen LogP contribution is -2.41. The summed E-state index contributed by atoms with van der Waals surface area (Å²) in [5.41, 5.74) is 5.29. The number of benzene rings is 1. The van der Waals surface area contributed by atoms with E-state index in [0.717, 1.165) is 3.57 Å². The van der Waals surface area contributed by atoms with E-state index in [0.29, 0.717) is 12.0 Å². The molecule has 0 atom stereocenters. The standard InChI is InChI=1S/C12H15IN2O2/c1-8(2)7-11(16)14-15-12(17)9-3-5-10(13)6-4-9/h3-6,8H,7H2,1-2H3,(H,14,16)(H,15,17). The van der Waals surface area contributed by atoms with Crippen molar-refractivity contribution >= 4 is 34.4 Å². The van der Waals surface area contributed by atoms with Gasteiger partial charge in [-0.2, -0.15) is 0 Å². The van der Waals surface area contributed by atoms with E-state index in [9.17, 15) is 9.59 Å². The first-order valence-corrected chi connectivity index (χ1v) is 6.41. The molecule has 1 aromatic carbocycles. The minimum atomic E-state index is -0.307. The highest BCUT2D eigenvalue weighted by molar-refractivity contribution is 14.1. The average molecular weight is 346 g/mol. The Bertz CT molecular complexity index is 401. The number of amides is 2. The van der Waals surface area contributed by atoms with E-state index in [1.807, 2.05) is 26.0 Å². The summed E-state index contributed by atoms with van der Waals surface area (Å²) in [6.45, 7) is 3.89. The summed E-state index contributed by atoms with van der Waals surface area (Å²) in [7, 11) is 0. The molecule has 2 amide bonds. The molecule has 5 heteroatoms. The fourth-order valence-corrected chi connectivity index (χ4v) is 1.58. The summed E-state index contributed by atoms with van der Waals surface area (Å²) < 4.78 is 1.06. The smallest absolute Gasteiger partial charge is 0.269 e. The molecule has 2 N–H and O–H groups in total. The maximum absolute atomic E-state index is 11.6. The molecule has 0 aliphatic heterocycles. The zero-order valence-corrected chi connectivity index (χ0v) is 11.9. The summed E-state index contributed by atoms with van der Waals surface area (Å²) >= 11 is 2.16. The molecule has 0 fully saturated rings. The molecule has 0 spiro atoms. The van der Waals surface area contributed by atoms with Crippen LogP contribution >= 0.6 is 22.6 Å². The monoisotopic (exact) mass is 346 g/mol. The normalized spacial score (nSPS) is 10.1. The minimum absolute atomic E-state index is 0.182. The first-order valence-electron chi connectivity index (χ1n) is 5.34. The number of hydrogen-bond acceptors (Lipinski definition) is 2. The maximum atomic E-state index is 11.6. The van der Waals surface area contributed by atoms with E-state index < -0.39 is 0 Å². The molecule has 0 aliphatic carbocycles. The van der Waals surface area contributed by atoms with Crippen LogP contribution in [0, 0.1) is 9.49 Å². The van der Waals surface area contributed by atoms with Crippen LogP contribution in [0.5, 0.6) is 0 Å². The van der Waals surface area contributed by atoms with E-state index in [4.69, 9.17) is 0 Å². The molecule has 0 radical (unpaired) electrons. The van der Waals surface area contributed by atoms with Crippen molar-refractivity contribution in [1.29, 1.82) is 0 Å². The Labute approximate surface area is 114 Å². The van der Waals surface area contributed by atoms with Gasteiger partial charge in [-0.25, -0.2) is 0 Å². The Kier molecular flexibility index (Phi) is 5.40. The van der Waals surface area contributed by atoms with Crippen LogP contribution < -0.4 is 10.9 Å². The van der Waals surface area contributed by atoms with Crippen LogP contribution in [-0.2, 0) is 4.79 Å². The van der Waals surface area contributed by atoms with Crippen LogP contribution in [0.1, 0.15) is 30.6 Å². The Morgan fingerprint density at radius 3 is 2.29 bits per heavy atom. The lowest BCUT2D eigenvalue weighted by molar-refractivity contribution is -0.122. The predicted octanol–water partition coefficient (Wildman–Crippen LogP) is 2.10. The van der Waals surface area contributed by atoms with Crippen molar-refractivity contribution in [2.24, 2.45) is 5.92 Å². The third-order valence-corrected chi connectivity index (χ3v) is 2.73. The van der Waals surface area contributed by atoms with Crippen LogP contribution in [0.25, 0.3) is 0 Å². The molecular weight excluding hydrogens is 331 g/mol. The Balaban J connectivity index is 2.45. The van der Waals surface area contributed by atoms with Crippen LogP contribution in [0.3, 0.4) is 0 Å². The number of rotatable bonds is 3. The number of carbonyl (C=O) groups excluding carboxylic acids is 2. The Hall–Kier alpha value is -1.11. The van der Waals surface area contributed by atoms with Gasteiger partial charge in [0.25, 0.3) is 5.91 Å². The van der Waals surface area contributed by atoms with Gasteiger partial charge in [-0.15, -0.1) is 0 Å². The van der Waals surface area contributed by atoms with Crippen molar-refractivity contribution in [2.45, 2.75) is 20.3 Å². The zero-order valence-electron chi connectivity index (χ0n) is 9.79. The Morgan fingerprint density at radius 1 is 1.18 bits per heavy atom. The van der Waals surface area contributed by atoms with Gasteiger partial charge in [-0.05, 0) is 52.8 Å². The zero-order chi connectivity index (χ0) is 12.8. The first kappa shape index (κ1) is 14.0. The van der Waals surface area contributed by atoms with E-state index in [1.54, 1.807) is 12.1 Å². The molecule has 17 heavy (non-hydrogen) atoms. The van der Waals surface area contributed by atoms with Gasteiger partial charge in [-0.1, -0.05) is 13.8 Å². The second-order valence-electron chi connectivity index (χ2n) is 4.11. The number of hydrazine groups is 1. The van der Waals surface area contributed by atoms with E-state index >= 15 is 0 Å². The SMILES string of the molecule is CC(C)CC(=O)NNC(=O)c1ccc(I)cc1. The molecule has 92 valence electrons. The second-order valence-corrected chi connectivity index (χ2v) is 5.35. The van der Waals surface area contributed by atoms with Crippen LogP contribution in [0.4, 0.5) is 0 Å². The maximum Gasteiger partial charge on any atom is 0.269 e. The third kappa shape index (κ3) is 5.16. The van der Waals surface area contributed by atoms with Gasteiger partial charge in [0, 0.05) is 15.6 Å². The summed E-state index contributed by atoms with van der Waals surface area (Å²) in [4.78, 5) is 22.9. The second kappa shape index (κ2) is 6.58. The van der Waals surface area contributed by atoms with Crippen molar-refractivity contribution in [3.63, 3.8) is 0 Å². The quantitative estimate of drug-likeness (QED) is 0.651.